The Kier molecular flexibility index (Phi) is 10.3. The van der Waals surface area contributed by atoms with Crippen LogP contribution in [0.2, 0.25) is 0 Å². The summed E-state index contributed by atoms with van der Waals surface area (Å²) in [5.74, 6) is -2.51. The van der Waals surface area contributed by atoms with E-state index in [0.29, 0.717) is 12.2 Å². The largest absolute Gasteiger partial charge is 0.478 e. The lowest BCUT2D eigenvalue weighted by molar-refractivity contribution is -0.134. The lowest BCUT2D eigenvalue weighted by atomic mass is 10.4. The highest BCUT2D eigenvalue weighted by Crippen LogP contribution is 2.03. The van der Waals surface area contributed by atoms with Crippen LogP contribution in [-0.4, -0.2) is 39.0 Å². The smallest absolute Gasteiger partial charge is 0.328 e. The van der Waals surface area contributed by atoms with E-state index in [9.17, 15) is 26.4 Å². The number of carboxylic acid groups (broad SMARTS) is 2. The molecule has 0 aliphatic heterocycles. The third-order valence-corrected chi connectivity index (χ3v) is 4.37. The first-order chi connectivity index (χ1) is 12.8. The predicted molar refractivity (Wildman–Crippen MR) is 100 cm³/mol. The van der Waals surface area contributed by atoms with Crippen LogP contribution >= 0.6 is 0 Å². The predicted octanol–water partition coefficient (Wildman–Crippen LogP) is 0.380. The van der Waals surface area contributed by atoms with E-state index < -0.39 is 32.0 Å². The maximum Gasteiger partial charge on any atom is 0.328 e. The molecule has 2 aromatic carbocycles. The summed E-state index contributed by atoms with van der Waals surface area (Å²) in [5.41, 5.74) is 0. The monoisotopic (exact) mass is 430 g/mol. The first kappa shape index (κ1) is 24.9. The minimum Gasteiger partial charge on any atom is -0.478 e. The van der Waals surface area contributed by atoms with Crippen LogP contribution in [0.15, 0.2) is 82.6 Å². The van der Waals surface area contributed by atoms with E-state index in [1.807, 2.05) is 0 Å². The maximum atomic E-state index is 10.6. The minimum atomic E-state index is -3.50. The van der Waals surface area contributed by atoms with E-state index in [-0.39, 0.29) is 9.79 Å². The number of hydrogen-bond donors (Lipinski definition) is 4. The van der Waals surface area contributed by atoms with Gasteiger partial charge in [-0.25, -0.2) is 36.7 Å². The third-order valence-electron chi connectivity index (χ3n) is 2.51. The summed E-state index contributed by atoms with van der Waals surface area (Å²) >= 11 is 0. The van der Waals surface area contributed by atoms with E-state index in [1.165, 1.54) is 24.3 Å². The maximum absolute atomic E-state index is 10.6. The lowest BCUT2D eigenvalue weighted by Crippen LogP contribution is -2.11. The molecule has 0 heterocycles. The van der Waals surface area contributed by atoms with Gasteiger partial charge in [0.15, 0.2) is 0 Å². The van der Waals surface area contributed by atoms with Gasteiger partial charge in [0.05, 0.1) is 9.79 Å². The van der Waals surface area contributed by atoms with Crippen molar-refractivity contribution in [2.75, 3.05) is 0 Å². The lowest BCUT2D eigenvalue weighted by Gasteiger charge is -1.93. The summed E-state index contributed by atoms with van der Waals surface area (Å²) in [7, 11) is -7.01. The van der Waals surface area contributed by atoms with Gasteiger partial charge in [0, 0.05) is 12.2 Å². The molecule has 0 saturated heterocycles. The SMILES string of the molecule is NS(=O)(=O)c1ccccc1.NS(=O)(=O)c1ccccc1.O=C(O)/C=C/C(=O)O. The molecule has 152 valence electrons. The van der Waals surface area contributed by atoms with Gasteiger partial charge >= 0.3 is 11.9 Å². The number of rotatable bonds is 4. The molecule has 0 atom stereocenters. The first-order valence-corrected chi connectivity index (χ1v) is 10.2. The molecule has 2 rings (SSSR count). The molecule has 28 heavy (non-hydrogen) atoms. The fraction of sp³-hybridized carbons (Fsp3) is 0. The molecular weight excluding hydrogens is 412 g/mol. The normalized spacial score (nSPS) is 10.8. The minimum absolute atomic E-state index is 0.148. The number of benzene rings is 2. The van der Waals surface area contributed by atoms with Crippen LogP contribution in [0.4, 0.5) is 0 Å². The van der Waals surface area contributed by atoms with Crippen molar-refractivity contribution in [2.24, 2.45) is 10.3 Å². The summed E-state index contributed by atoms with van der Waals surface area (Å²) in [6, 6.07) is 15.8. The molecule has 2 aromatic rings. The van der Waals surface area contributed by atoms with Crippen LogP contribution in [0.25, 0.3) is 0 Å². The molecule has 0 saturated carbocycles. The van der Waals surface area contributed by atoms with Gasteiger partial charge in [-0.3, -0.25) is 0 Å². The Hall–Kier alpha value is -3.06. The molecule has 0 aliphatic rings. The van der Waals surface area contributed by atoms with Crippen molar-refractivity contribution in [3.05, 3.63) is 72.8 Å². The standard InChI is InChI=1S/2C6H7NO2S.C4H4O4/c2*7-10(8,9)6-4-2-1-3-5-6;5-3(6)1-2-4(7)8/h2*1-5H,(H2,7,8,9);1-2H,(H,5,6)(H,7,8)/b;;2-1+. The highest BCUT2D eigenvalue weighted by molar-refractivity contribution is 7.89. The van der Waals surface area contributed by atoms with E-state index in [1.54, 1.807) is 36.4 Å². The molecule has 12 heteroatoms. The highest BCUT2D eigenvalue weighted by atomic mass is 32.2. The van der Waals surface area contributed by atoms with Gasteiger partial charge in [-0.2, -0.15) is 0 Å². The van der Waals surface area contributed by atoms with Crippen LogP contribution < -0.4 is 10.3 Å². The topological polar surface area (TPSA) is 195 Å². The summed E-state index contributed by atoms with van der Waals surface area (Å²) < 4.78 is 42.4. The van der Waals surface area contributed by atoms with Gasteiger partial charge in [-0.05, 0) is 24.3 Å². The summed E-state index contributed by atoms with van der Waals surface area (Å²) in [6.07, 6.45) is 1.12. The van der Waals surface area contributed by atoms with Crippen LogP contribution in [0, 0.1) is 0 Å². The van der Waals surface area contributed by atoms with Crippen molar-refractivity contribution in [3.63, 3.8) is 0 Å². The van der Waals surface area contributed by atoms with Crippen molar-refractivity contribution < 1.29 is 36.6 Å². The van der Waals surface area contributed by atoms with Gasteiger partial charge in [0.1, 0.15) is 0 Å². The number of carbonyl (C=O) groups is 2. The molecule has 0 fully saturated rings. The number of nitrogens with two attached hydrogens (primary N) is 2. The molecule has 0 aliphatic carbocycles. The summed E-state index contributed by atoms with van der Waals surface area (Å²) in [4.78, 5) is 19.4. The van der Waals surface area contributed by atoms with Crippen molar-refractivity contribution in [2.45, 2.75) is 9.79 Å². The van der Waals surface area contributed by atoms with Gasteiger partial charge in [0.2, 0.25) is 20.0 Å². The molecule has 0 radical (unpaired) electrons. The van der Waals surface area contributed by atoms with Crippen LogP contribution in [-0.2, 0) is 29.6 Å². The number of primary sulfonamides is 2. The average molecular weight is 430 g/mol. The van der Waals surface area contributed by atoms with Crippen molar-refractivity contribution in [3.8, 4) is 0 Å². The fourth-order valence-electron chi connectivity index (χ4n) is 1.36. The molecule has 0 amide bonds. The summed E-state index contributed by atoms with van der Waals surface area (Å²) in [6.45, 7) is 0. The van der Waals surface area contributed by atoms with E-state index >= 15 is 0 Å². The number of sulfonamides is 2. The van der Waals surface area contributed by atoms with Gasteiger partial charge < -0.3 is 10.2 Å². The Bertz CT molecular complexity index is 920. The average Bonchev–Trinajstić information content (AvgIpc) is 2.61. The molecule has 0 aromatic heterocycles. The number of aliphatic carboxylic acids is 2. The van der Waals surface area contributed by atoms with Gasteiger partial charge in [-0.15, -0.1) is 0 Å². The zero-order chi connectivity index (χ0) is 21.8. The zero-order valence-corrected chi connectivity index (χ0v) is 15.9. The third kappa shape index (κ3) is 12.3. The molecule has 10 nitrogen and oxygen atoms in total. The van der Waals surface area contributed by atoms with Crippen LogP contribution in [0.5, 0.6) is 0 Å². The Morgan fingerprint density at radius 1 is 0.643 bits per heavy atom. The quantitative estimate of drug-likeness (QED) is 0.499. The second kappa shape index (κ2) is 11.6. The van der Waals surface area contributed by atoms with Crippen molar-refractivity contribution in [1.29, 1.82) is 0 Å². The number of hydrogen-bond acceptors (Lipinski definition) is 6. The first-order valence-electron chi connectivity index (χ1n) is 7.13. The van der Waals surface area contributed by atoms with E-state index in [0.717, 1.165) is 0 Å². The zero-order valence-electron chi connectivity index (χ0n) is 14.2. The van der Waals surface area contributed by atoms with Gasteiger partial charge in [-0.1, -0.05) is 36.4 Å². The second-order valence-corrected chi connectivity index (χ2v) is 7.85. The van der Waals surface area contributed by atoms with Crippen LogP contribution in [0.1, 0.15) is 0 Å². The number of carboxylic acids is 2. The Labute approximate surface area is 161 Å². The van der Waals surface area contributed by atoms with Crippen molar-refractivity contribution >= 4 is 32.0 Å². The van der Waals surface area contributed by atoms with E-state index in [4.69, 9.17) is 20.5 Å². The Morgan fingerprint density at radius 3 is 1.04 bits per heavy atom. The fourth-order valence-corrected chi connectivity index (χ4v) is 2.44. The molecule has 6 N–H and O–H groups in total. The summed E-state index contributed by atoms with van der Waals surface area (Å²) in [5, 5.41) is 25.3. The van der Waals surface area contributed by atoms with Crippen LogP contribution in [0.3, 0.4) is 0 Å². The molecule has 0 spiro atoms. The molecule has 0 bridgehead atoms. The highest BCUT2D eigenvalue weighted by Gasteiger charge is 2.04. The Balaban J connectivity index is 0.000000394. The molecule has 0 unspecified atom stereocenters. The Morgan fingerprint density at radius 2 is 0.893 bits per heavy atom. The second-order valence-electron chi connectivity index (χ2n) is 4.73. The van der Waals surface area contributed by atoms with Gasteiger partial charge in [0.25, 0.3) is 0 Å². The molecular formula is C16H18N2O8S2. The van der Waals surface area contributed by atoms with E-state index in [2.05, 4.69) is 0 Å². The van der Waals surface area contributed by atoms with Crippen molar-refractivity contribution in [1.82, 2.24) is 0 Å².